The van der Waals surface area contributed by atoms with Crippen LogP contribution in [-0.4, -0.2) is 50.9 Å². The molecule has 27 heavy (non-hydrogen) atoms. The minimum absolute atomic E-state index is 0.249. The molecular formula is C18H23N5O4. The van der Waals surface area contributed by atoms with Gasteiger partial charge in [0.2, 0.25) is 11.8 Å². The molecule has 0 saturated carbocycles. The molecule has 9 nitrogen and oxygen atoms in total. The zero-order valence-electron chi connectivity index (χ0n) is 14.9. The quantitative estimate of drug-likeness (QED) is 0.422. The number of aliphatic carboxylic acids is 1. The number of aromatic nitrogens is 3. The lowest BCUT2D eigenvalue weighted by Gasteiger charge is -2.18. The number of nitrogens with zero attached hydrogens (tertiary/aromatic N) is 2. The molecule has 2 aromatic rings. The highest BCUT2D eigenvalue weighted by molar-refractivity contribution is 5.89. The number of amides is 2. The van der Waals surface area contributed by atoms with E-state index in [1.807, 2.05) is 30.3 Å². The van der Waals surface area contributed by atoms with Gasteiger partial charge in [-0.05, 0) is 24.8 Å². The molecule has 1 aromatic carbocycles. The van der Waals surface area contributed by atoms with E-state index in [0.29, 0.717) is 6.42 Å². The fourth-order valence-electron chi connectivity index (χ4n) is 2.55. The van der Waals surface area contributed by atoms with Crippen LogP contribution >= 0.6 is 0 Å². The minimum Gasteiger partial charge on any atom is -0.480 e. The average Bonchev–Trinajstić information content (AvgIpc) is 3.17. The van der Waals surface area contributed by atoms with E-state index >= 15 is 0 Å². The molecule has 0 bridgehead atoms. The molecule has 0 aliphatic rings. The van der Waals surface area contributed by atoms with Crippen molar-refractivity contribution in [3.63, 3.8) is 0 Å². The smallest absolute Gasteiger partial charge is 0.322 e. The fourth-order valence-corrected chi connectivity index (χ4v) is 2.55. The number of carboxylic acid groups (broad SMARTS) is 1. The van der Waals surface area contributed by atoms with Crippen LogP contribution in [0.5, 0.6) is 0 Å². The summed E-state index contributed by atoms with van der Waals surface area (Å²) in [6.45, 7) is -0.488. The van der Waals surface area contributed by atoms with Crippen LogP contribution in [0.25, 0.3) is 0 Å². The van der Waals surface area contributed by atoms with Crippen LogP contribution in [0.3, 0.4) is 0 Å². The molecule has 1 aromatic heterocycles. The van der Waals surface area contributed by atoms with Gasteiger partial charge in [0.15, 0.2) is 0 Å². The lowest BCUT2D eigenvalue weighted by atomic mass is 10.0. The second-order valence-electron chi connectivity index (χ2n) is 6.09. The summed E-state index contributed by atoms with van der Waals surface area (Å²) in [5.74, 6) is -1.90. The van der Waals surface area contributed by atoms with Gasteiger partial charge >= 0.3 is 5.97 Å². The molecular weight excluding hydrogens is 350 g/mol. The largest absolute Gasteiger partial charge is 0.480 e. The third kappa shape index (κ3) is 7.68. The van der Waals surface area contributed by atoms with E-state index in [4.69, 9.17) is 5.11 Å². The number of aromatic amines is 1. The number of carbonyl (C=O) groups excluding carboxylic acids is 2. The Morgan fingerprint density at radius 3 is 2.59 bits per heavy atom. The van der Waals surface area contributed by atoms with Crippen molar-refractivity contribution < 1.29 is 19.5 Å². The Kier molecular flexibility index (Phi) is 7.95. The normalized spacial score (nSPS) is 11.6. The number of rotatable bonds is 11. The maximum absolute atomic E-state index is 12.3. The SMILES string of the molecule is O=C(O)CNC(=O)[C@H](Cc1ccccc1)NC(=O)CCCCc1cn[nH]n1. The predicted molar refractivity (Wildman–Crippen MR) is 96.7 cm³/mol. The first-order valence-corrected chi connectivity index (χ1v) is 8.72. The molecule has 0 aliphatic heterocycles. The molecule has 0 spiro atoms. The van der Waals surface area contributed by atoms with E-state index < -0.39 is 24.5 Å². The zero-order chi connectivity index (χ0) is 19.5. The number of nitrogens with one attached hydrogen (secondary N) is 3. The summed E-state index contributed by atoms with van der Waals surface area (Å²) in [6, 6.07) is 8.41. The van der Waals surface area contributed by atoms with Crippen molar-refractivity contribution in [1.82, 2.24) is 26.0 Å². The number of hydrogen-bond acceptors (Lipinski definition) is 5. The molecule has 0 aliphatic carbocycles. The Hall–Kier alpha value is -3.23. The number of unbranched alkanes of at least 4 members (excludes halogenated alkanes) is 1. The first-order chi connectivity index (χ1) is 13.0. The summed E-state index contributed by atoms with van der Waals surface area (Å²) < 4.78 is 0. The molecule has 1 atom stereocenters. The van der Waals surface area contributed by atoms with E-state index in [2.05, 4.69) is 26.0 Å². The molecule has 0 unspecified atom stereocenters. The van der Waals surface area contributed by atoms with Crippen molar-refractivity contribution in [3.05, 3.63) is 47.8 Å². The van der Waals surface area contributed by atoms with Crippen LogP contribution in [0.15, 0.2) is 36.5 Å². The Labute approximate surface area is 156 Å². The van der Waals surface area contributed by atoms with Gasteiger partial charge in [-0.1, -0.05) is 30.3 Å². The zero-order valence-corrected chi connectivity index (χ0v) is 14.9. The Bertz CT molecular complexity index is 733. The molecule has 0 fully saturated rings. The van der Waals surface area contributed by atoms with Gasteiger partial charge in [0, 0.05) is 12.8 Å². The molecule has 9 heteroatoms. The van der Waals surface area contributed by atoms with Gasteiger partial charge in [-0.2, -0.15) is 15.4 Å². The maximum atomic E-state index is 12.3. The van der Waals surface area contributed by atoms with Gasteiger partial charge in [-0.3, -0.25) is 14.4 Å². The van der Waals surface area contributed by atoms with Crippen LogP contribution in [0, 0.1) is 0 Å². The third-order valence-electron chi connectivity index (χ3n) is 3.90. The van der Waals surface area contributed by atoms with E-state index in [1.54, 1.807) is 6.20 Å². The van der Waals surface area contributed by atoms with Crippen molar-refractivity contribution in [2.45, 2.75) is 38.1 Å². The summed E-state index contributed by atoms with van der Waals surface area (Å²) in [7, 11) is 0. The summed E-state index contributed by atoms with van der Waals surface area (Å²) in [5.41, 5.74) is 1.71. The number of hydrogen-bond donors (Lipinski definition) is 4. The number of benzene rings is 1. The predicted octanol–water partition coefficient (Wildman–Crippen LogP) is 0.446. The van der Waals surface area contributed by atoms with E-state index in [-0.39, 0.29) is 18.7 Å². The molecule has 4 N–H and O–H groups in total. The van der Waals surface area contributed by atoms with Crippen molar-refractivity contribution in [2.75, 3.05) is 6.54 Å². The number of H-pyrrole nitrogens is 1. The molecule has 2 amide bonds. The van der Waals surface area contributed by atoms with Gasteiger partial charge in [-0.25, -0.2) is 0 Å². The van der Waals surface area contributed by atoms with E-state index in [0.717, 1.165) is 24.1 Å². The van der Waals surface area contributed by atoms with Gasteiger partial charge in [-0.15, -0.1) is 0 Å². The second-order valence-corrected chi connectivity index (χ2v) is 6.09. The first kappa shape index (κ1) is 20.1. The first-order valence-electron chi connectivity index (χ1n) is 8.72. The van der Waals surface area contributed by atoms with Gasteiger partial charge < -0.3 is 15.7 Å². The monoisotopic (exact) mass is 373 g/mol. The van der Waals surface area contributed by atoms with Crippen LogP contribution in [0.2, 0.25) is 0 Å². The maximum Gasteiger partial charge on any atom is 0.322 e. The topological polar surface area (TPSA) is 137 Å². The van der Waals surface area contributed by atoms with Crippen molar-refractivity contribution in [2.24, 2.45) is 0 Å². The molecule has 0 radical (unpaired) electrons. The number of carboxylic acids is 1. The minimum atomic E-state index is -1.14. The highest BCUT2D eigenvalue weighted by atomic mass is 16.4. The van der Waals surface area contributed by atoms with Gasteiger partial charge in [0.05, 0.1) is 11.9 Å². The summed E-state index contributed by atoms with van der Waals surface area (Å²) in [5, 5.41) is 24.0. The Morgan fingerprint density at radius 1 is 1.15 bits per heavy atom. The third-order valence-corrected chi connectivity index (χ3v) is 3.90. The molecule has 2 rings (SSSR count). The van der Waals surface area contributed by atoms with Crippen molar-refractivity contribution in [1.29, 1.82) is 0 Å². The lowest BCUT2D eigenvalue weighted by molar-refractivity contribution is -0.138. The highest BCUT2D eigenvalue weighted by Crippen LogP contribution is 2.06. The van der Waals surface area contributed by atoms with E-state index in [9.17, 15) is 14.4 Å². The second kappa shape index (κ2) is 10.7. The molecule has 1 heterocycles. The van der Waals surface area contributed by atoms with Crippen molar-refractivity contribution in [3.8, 4) is 0 Å². The Morgan fingerprint density at radius 2 is 1.93 bits per heavy atom. The molecule has 144 valence electrons. The van der Waals surface area contributed by atoms with Crippen molar-refractivity contribution >= 4 is 17.8 Å². The fraction of sp³-hybridized carbons (Fsp3) is 0.389. The van der Waals surface area contributed by atoms with Gasteiger partial charge in [0.25, 0.3) is 0 Å². The van der Waals surface area contributed by atoms with Crippen LogP contribution in [0.1, 0.15) is 30.5 Å². The average molecular weight is 373 g/mol. The van der Waals surface area contributed by atoms with E-state index in [1.165, 1.54) is 0 Å². The standard InChI is InChI=1S/C18H23N5O4/c24-16(9-5-4-8-14-11-20-23-22-14)21-15(18(27)19-12-17(25)26)10-13-6-2-1-3-7-13/h1-3,6-7,11,15H,4-5,8-10,12H2,(H,19,27)(H,21,24)(H,25,26)(H,20,22,23)/t15-/m0/s1. The van der Waals surface area contributed by atoms with Crippen LogP contribution in [0.4, 0.5) is 0 Å². The van der Waals surface area contributed by atoms with Gasteiger partial charge in [0.1, 0.15) is 12.6 Å². The lowest BCUT2D eigenvalue weighted by Crippen LogP contribution is -2.49. The molecule has 0 saturated heterocycles. The Balaban J connectivity index is 1.84. The number of aryl methyl sites for hydroxylation is 1. The highest BCUT2D eigenvalue weighted by Gasteiger charge is 2.21. The summed E-state index contributed by atoms with van der Waals surface area (Å²) in [4.78, 5) is 35.1. The summed E-state index contributed by atoms with van der Waals surface area (Å²) in [6.07, 6.45) is 4.34. The van der Waals surface area contributed by atoms with Crippen LogP contribution < -0.4 is 10.6 Å². The van der Waals surface area contributed by atoms with Crippen LogP contribution in [-0.2, 0) is 27.2 Å². The summed E-state index contributed by atoms with van der Waals surface area (Å²) >= 11 is 0. The number of carbonyl (C=O) groups is 3.